The lowest BCUT2D eigenvalue weighted by Gasteiger charge is -2.33. The minimum absolute atomic E-state index is 0.0418. The number of hydrogen-bond donors (Lipinski definition) is 2. The van der Waals surface area contributed by atoms with E-state index in [-0.39, 0.29) is 18.3 Å². The molecule has 2 heterocycles. The third kappa shape index (κ3) is 4.11. The van der Waals surface area contributed by atoms with E-state index >= 15 is 0 Å². The Balaban J connectivity index is 2.21. The van der Waals surface area contributed by atoms with Crippen LogP contribution in [0.3, 0.4) is 0 Å². The van der Waals surface area contributed by atoms with Crippen LogP contribution in [-0.2, 0) is 17.9 Å². The Hall–Kier alpha value is -1.45. The molecule has 1 aliphatic rings. The molecule has 3 rings (SSSR count). The summed E-state index contributed by atoms with van der Waals surface area (Å²) in [4.78, 5) is 16.1. The number of aliphatic hydroxyl groups excluding tert-OH is 1. The lowest BCUT2D eigenvalue weighted by Crippen LogP contribution is -2.42. The zero-order valence-electron chi connectivity index (χ0n) is 16.0. The van der Waals surface area contributed by atoms with Crippen molar-refractivity contribution in [3.05, 3.63) is 51.6 Å². The molecular weight excluding hydrogens is 444 g/mol. The average Bonchev–Trinajstić information content (AvgIpc) is 2.98. The monoisotopic (exact) mass is 466 g/mol. The molecule has 0 saturated heterocycles. The molecule has 0 unspecified atom stereocenters. The van der Waals surface area contributed by atoms with Crippen molar-refractivity contribution in [1.82, 2.24) is 9.29 Å². The second-order valence-electron chi connectivity index (χ2n) is 7.71. The molecule has 0 aliphatic carbocycles. The van der Waals surface area contributed by atoms with Crippen LogP contribution < -0.4 is 0 Å². The number of halogens is 1. The maximum atomic E-state index is 13.2. The van der Waals surface area contributed by atoms with Gasteiger partial charge in [0.25, 0.3) is 0 Å². The number of carboxylic acids is 1. The number of nitrogens with zero attached hydrogens (tertiary/aromatic N) is 2. The molecule has 1 aliphatic heterocycles. The molecule has 6 nitrogen and oxygen atoms in total. The normalized spacial score (nSPS) is 18.1. The smallest absolute Gasteiger partial charge is 0.354 e. The molecule has 0 spiro atoms. The summed E-state index contributed by atoms with van der Waals surface area (Å²) in [5.41, 5.74) is 2.93. The number of fused-ring (bicyclic) bond motifs is 1. The summed E-state index contributed by atoms with van der Waals surface area (Å²) in [6, 6.07) is 8.76. The number of rotatable bonds is 5. The minimum atomic E-state index is -1.32. The average molecular weight is 467 g/mol. The van der Waals surface area contributed by atoms with Gasteiger partial charge in [-0.2, -0.15) is 0 Å². The van der Waals surface area contributed by atoms with Gasteiger partial charge in [-0.05, 0) is 51.0 Å². The fraction of sp³-hybridized carbons (Fsp3) is 0.400. The summed E-state index contributed by atoms with van der Waals surface area (Å²) in [6.07, 6.45) is 0.393. The fourth-order valence-electron chi connectivity index (χ4n) is 3.43. The summed E-state index contributed by atoms with van der Waals surface area (Å²) in [7, 11) is 0. The van der Waals surface area contributed by atoms with Gasteiger partial charge in [-0.3, -0.25) is 0 Å². The first kappa shape index (κ1) is 21.3. The van der Waals surface area contributed by atoms with E-state index in [1.165, 1.54) is 0 Å². The van der Waals surface area contributed by atoms with E-state index in [2.05, 4.69) is 20.9 Å². The van der Waals surface area contributed by atoms with Crippen LogP contribution in [0.15, 0.2) is 34.8 Å². The standard InChI is InChI=1S/C20H23BrN2O4S/c1-20(2,3)28(27)23-11-13-10-15(19(25)26)22-18(17(13)16(23)7-8-24)12-5-4-6-14(21)9-12/h4-6,9-10,16,24H,7-8,11H2,1-3H3,(H,25,26)/t16-,28-/m1/s1. The van der Waals surface area contributed by atoms with E-state index in [4.69, 9.17) is 0 Å². The summed E-state index contributed by atoms with van der Waals surface area (Å²) < 4.78 is 15.4. The van der Waals surface area contributed by atoms with E-state index in [0.29, 0.717) is 18.7 Å². The maximum absolute atomic E-state index is 13.2. The first-order valence-corrected chi connectivity index (χ1v) is 10.9. The molecule has 2 aromatic rings. The SMILES string of the molecule is CC(C)(C)[S@@+]([O-])N1Cc2cc(C(=O)O)nc(-c3cccc(Br)c3)c2[C@H]1CCO. The number of benzene rings is 1. The molecule has 0 radical (unpaired) electrons. The van der Waals surface area contributed by atoms with Gasteiger partial charge in [-0.15, -0.1) is 4.31 Å². The van der Waals surface area contributed by atoms with Crippen LogP contribution in [0.2, 0.25) is 0 Å². The van der Waals surface area contributed by atoms with Crippen molar-refractivity contribution >= 4 is 33.3 Å². The van der Waals surface area contributed by atoms with Crippen molar-refractivity contribution < 1.29 is 19.6 Å². The van der Waals surface area contributed by atoms with Crippen molar-refractivity contribution in [2.24, 2.45) is 0 Å². The number of pyridine rings is 1. The largest absolute Gasteiger partial charge is 0.597 e. The second kappa shape index (κ2) is 8.12. The molecule has 28 heavy (non-hydrogen) atoms. The van der Waals surface area contributed by atoms with Gasteiger partial charge in [0.2, 0.25) is 0 Å². The van der Waals surface area contributed by atoms with Crippen molar-refractivity contribution in [2.75, 3.05) is 6.61 Å². The fourth-order valence-corrected chi connectivity index (χ4v) is 5.24. The Morgan fingerprint density at radius 1 is 1.39 bits per heavy atom. The van der Waals surface area contributed by atoms with E-state index in [1.807, 2.05) is 49.3 Å². The van der Waals surface area contributed by atoms with Crippen molar-refractivity contribution in [3.8, 4) is 11.3 Å². The Bertz CT molecular complexity index is 900. The zero-order valence-corrected chi connectivity index (χ0v) is 18.4. The molecule has 150 valence electrons. The number of hydrogen-bond acceptors (Lipinski definition) is 5. The maximum Gasteiger partial charge on any atom is 0.354 e. The quantitative estimate of drug-likeness (QED) is 0.648. The van der Waals surface area contributed by atoms with Gasteiger partial charge in [-0.25, -0.2) is 9.78 Å². The van der Waals surface area contributed by atoms with Crippen LogP contribution >= 0.6 is 15.9 Å². The van der Waals surface area contributed by atoms with E-state index in [9.17, 15) is 19.6 Å². The molecule has 0 amide bonds. The third-order valence-electron chi connectivity index (χ3n) is 4.61. The van der Waals surface area contributed by atoms with E-state index in [1.54, 1.807) is 6.07 Å². The predicted octanol–water partition coefficient (Wildman–Crippen LogP) is 3.91. The van der Waals surface area contributed by atoms with Crippen LogP contribution in [0, 0.1) is 0 Å². The predicted molar refractivity (Wildman–Crippen MR) is 112 cm³/mol. The summed E-state index contributed by atoms with van der Waals surface area (Å²) in [5, 5.41) is 19.2. The number of aliphatic hydroxyl groups is 1. The first-order chi connectivity index (χ1) is 13.1. The minimum Gasteiger partial charge on any atom is -0.597 e. The second-order valence-corrected chi connectivity index (χ2v) is 10.8. The highest BCUT2D eigenvalue weighted by molar-refractivity contribution is 9.10. The summed E-state index contributed by atoms with van der Waals surface area (Å²) in [5.74, 6) is -1.10. The molecule has 0 fully saturated rings. The van der Waals surface area contributed by atoms with Crippen LogP contribution in [-0.4, -0.2) is 41.4 Å². The van der Waals surface area contributed by atoms with Crippen LogP contribution in [0.4, 0.5) is 0 Å². The molecular formula is C20H23BrN2O4S. The number of carboxylic acid groups (broad SMARTS) is 1. The highest BCUT2D eigenvalue weighted by Gasteiger charge is 2.44. The molecule has 1 aromatic carbocycles. The Morgan fingerprint density at radius 2 is 2.11 bits per heavy atom. The van der Waals surface area contributed by atoms with Crippen molar-refractivity contribution in [2.45, 2.75) is 44.5 Å². The van der Waals surface area contributed by atoms with Gasteiger partial charge < -0.3 is 14.8 Å². The molecule has 8 heteroatoms. The summed E-state index contributed by atoms with van der Waals surface area (Å²) >= 11 is 2.13. The molecule has 2 N–H and O–H groups in total. The van der Waals surface area contributed by atoms with Gasteiger partial charge in [0.15, 0.2) is 0 Å². The van der Waals surface area contributed by atoms with Crippen molar-refractivity contribution in [3.63, 3.8) is 0 Å². The molecule has 1 aromatic heterocycles. The number of carbonyl (C=O) groups is 1. The van der Waals surface area contributed by atoms with Crippen LogP contribution in [0.5, 0.6) is 0 Å². The van der Waals surface area contributed by atoms with Gasteiger partial charge >= 0.3 is 5.97 Å². The Morgan fingerprint density at radius 3 is 2.68 bits per heavy atom. The Labute approximate surface area is 176 Å². The molecule has 2 atom stereocenters. The van der Waals surface area contributed by atoms with E-state index in [0.717, 1.165) is 21.2 Å². The van der Waals surface area contributed by atoms with Crippen molar-refractivity contribution in [1.29, 1.82) is 0 Å². The van der Waals surface area contributed by atoms with Gasteiger partial charge in [0.1, 0.15) is 10.4 Å². The Kier molecular flexibility index (Phi) is 6.17. The van der Waals surface area contributed by atoms with E-state index < -0.39 is 22.1 Å². The zero-order chi connectivity index (χ0) is 20.6. The van der Waals surface area contributed by atoms with Crippen LogP contribution in [0.1, 0.15) is 54.8 Å². The number of aromatic carboxylic acids is 1. The van der Waals surface area contributed by atoms with Gasteiger partial charge in [-0.1, -0.05) is 28.1 Å². The molecule has 0 bridgehead atoms. The third-order valence-corrected chi connectivity index (χ3v) is 6.96. The first-order valence-electron chi connectivity index (χ1n) is 8.96. The lowest BCUT2D eigenvalue weighted by atomic mass is 9.96. The highest BCUT2D eigenvalue weighted by Crippen LogP contribution is 2.45. The van der Waals surface area contributed by atoms with Gasteiger partial charge in [0.05, 0.1) is 18.3 Å². The molecule has 0 saturated carbocycles. The summed E-state index contributed by atoms with van der Waals surface area (Å²) in [6.45, 7) is 5.99. The topological polar surface area (TPSA) is 96.7 Å². The van der Waals surface area contributed by atoms with Gasteiger partial charge in [0, 0.05) is 33.6 Å². The number of aromatic nitrogens is 1. The highest BCUT2D eigenvalue weighted by atomic mass is 79.9. The lowest BCUT2D eigenvalue weighted by molar-refractivity contribution is 0.0690. The van der Waals surface area contributed by atoms with Crippen LogP contribution in [0.25, 0.3) is 11.3 Å².